The Hall–Kier alpha value is -0.970. The highest BCUT2D eigenvalue weighted by Crippen LogP contribution is 2.12. The third-order valence-corrected chi connectivity index (χ3v) is 2.26. The summed E-state index contributed by atoms with van der Waals surface area (Å²) in [5, 5.41) is 17.2. The van der Waals surface area contributed by atoms with E-state index in [2.05, 4.69) is 25.9 Å². The largest absolute Gasteiger partial charge is 0.316 e. The smallest absolute Gasteiger partial charge is 0.174 e. The highest BCUT2D eigenvalue weighted by molar-refractivity contribution is 4.82. The number of rotatable bonds is 2. The van der Waals surface area contributed by atoms with Crippen LogP contribution in [0.25, 0.3) is 0 Å². The standard InChI is InChI=1S/C7H13N5/c1-2-6(5-8-3-1)4-7-9-11-12-10-7/h6,8H,1-5H2,(H,9,10,11,12)/t6-/m1/s1. The molecule has 12 heavy (non-hydrogen) atoms. The predicted octanol–water partition coefficient (Wildman–Crippen LogP) is -0.258. The molecule has 1 aliphatic rings. The lowest BCUT2D eigenvalue weighted by molar-refractivity contribution is 0.371. The quantitative estimate of drug-likeness (QED) is 0.637. The first-order valence-electron chi connectivity index (χ1n) is 4.38. The fraction of sp³-hybridized carbons (Fsp3) is 0.857. The van der Waals surface area contributed by atoms with Crippen LogP contribution in [0.5, 0.6) is 0 Å². The number of piperidine rings is 1. The van der Waals surface area contributed by atoms with Crippen LogP contribution < -0.4 is 5.32 Å². The average Bonchev–Trinajstić information content (AvgIpc) is 2.59. The number of H-pyrrole nitrogens is 1. The van der Waals surface area contributed by atoms with Crippen LogP contribution in [-0.4, -0.2) is 33.7 Å². The van der Waals surface area contributed by atoms with Crippen LogP contribution in [0.3, 0.4) is 0 Å². The maximum atomic E-state index is 3.94. The molecule has 2 rings (SSSR count). The van der Waals surface area contributed by atoms with Crippen molar-refractivity contribution in [2.24, 2.45) is 5.92 Å². The van der Waals surface area contributed by atoms with Crippen LogP contribution in [0.4, 0.5) is 0 Å². The molecule has 0 unspecified atom stereocenters. The molecule has 0 amide bonds. The van der Waals surface area contributed by atoms with E-state index in [0.717, 1.165) is 25.3 Å². The molecule has 1 aromatic heterocycles. The molecule has 66 valence electrons. The van der Waals surface area contributed by atoms with Gasteiger partial charge in [-0.25, -0.2) is 0 Å². The van der Waals surface area contributed by atoms with E-state index in [1.807, 2.05) is 0 Å². The van der Waals surface area contributed by atoms with Crippen molar-refractivity contribution in [3.63, 3.8) is 0 Å². The number of hydrogen-bond acceptors (Lipinski definition) is 4. The first-order valence-corrected chi connectivity index (χ1v) is 4.38. The molecule has 5 heteroatoms. The molecule has 0 aromatic carbocycles. The fourth-order valence-corrected chi connectivity index (χ4v) is 1.63. The number of aromatic amines is 1. The second kappa shape index (κ2) is 3.62. The van der Waals surface area contributed by atoms with Crippen LogP contribution >= 0.6 is 0 Å². The fourth-order valence-electron chi connectivity index (χ4n) is 1.63. The molecule has 0 radical (unpaired) electrons. The second-order valence-electron chi connectivity index (χ2n) is 3.24. The van der Waals surface area contributed by atoms with Crippen LogP contribution in [0.15, 0.2) is 0 Å². The molecular weight excluding hydrogens is 154 g/mol. The van der Waals surface area contributed by atoms with E-state index in [0.29, 0.717) is 5.92 Å². The van der Waals surface area contributed by atoms with E-state index in [1.54, 1.807) is 0 Å². The molecule has 0 bridgehead atoms. The lowest BCUT2D eigenvalue weighted by Gasteiger charge is -2.20. The van der Waals surface area contributed by atoms with Gasteiger partial charge in [0.1, 0.15) is 0 Å². The van der Waals surface area contributed by atoms with Crippen LogP contribution in [0, 0.1) is 5.92 Å². The lowest BCUT2D eigenvalue weighted by Crippen LogP contribution is -2.31. The van der Waals surface area contributed by atoms with Crippen molar-refractivity contribution in [3.05, 3.63) is 5.82 Å². The molecule has 1 atom stereocenters. The zero-order chi connectivity index (χ0) is 8.23. The van der Waals surface area contributed by atoms with Crippen molar-refractivity contribution in [1.82, 2.24) is 25.9 Å². The summed E-state index contributed by atoms with van der Waals surface area (Å²) >= 11 is 0. The van der Waals surface area contributed by atoms with Gasteiger partial charge in [-0.3, -0.25) is 0 Å². The van der Waals surface area contributed by atoms with Gasteiger partial charge in [0.25, 0.3) is 0 Å². The Kier molecular flexibility index (Phi) is 2.31. The van der Waals surface area contributed by atoms with Crippen molar-refractivity contribution in [2.75, 3.05) is 13.1 Å². The Labute approximate surface area is 70.9 Å². The summed E-state index contributed by atoms with van der Waals surface area (Å²) in [5.74, 6) is 1.53. The van der Waals surface area contributed by atoms with Crippen molar-refractivity contribution in [1.29, 1.82) is 0 Å². The van der Waals surface area contributed by atoms with E-state index in [1.165, 1.54) is 12.8 Å². The van der Waals surface area contributed by atoms with E-state index >= 15 is 0 Å². The van der Waals surface area contributed by atoms with Crippen LogP contribution in [0.1, 0.15) is 18.7 Å². The van der Waals surface area contributed by atoms with Gasteiger partial charge in [-0.1, -0.05) is 5.21 Å². The summed E-state index contributed by atoms with van der Waals surface area (Å²) in [6.45, 7) is 2.25. The Balaban J connectivity index is 1.86. The summed E-state index contributed by atoms with van der Waals surface area (Å²) < 4.78 is 0. The second-order valence-corrected chi connectivity index (χ2v) is 3.24. The molecule has 0 aliphatic carbocycles. The molecule has 1 fully saturated rings. The van der Waals surface area contributed by atoms with Gasteiger partial charge in [-0.05, 0) is 31.8 Å². The minimum atomic E-state index is 0.691. The van der Waals surface area contributed by atoms with Crippen molar-refractivity contribution in [2.45, 2.75) is 19.3 Å². The van der Waals surface area contributed by atoms with Gasteiger partial charge >= 0.3 is 0 Å². The van der Waals surface area contributed by atoms with Gasteiger partial charge in [0.2, 0.25) is 0 Å². The Morgan fingerprint density at radius 3 is 3.17 bits per heavy atom. The minimum absolute atomic E-state index is 0.691. The van der Waals surface area contributed by atoms with E-state index in [-0.39, 0.29) is 0 Å². The van der Waals surface area contributed by atoms with E-state index in [4.69, 9.17) is 0 Å². The summed E-state index contributed by atoms with van der Waals surface area (Å²) in [4.78, 5) is 0. The Morgan fingerprint density at radius 1 is 1.50 bits per heavy atom. The maximum absolute atomic E-state index is 3.94. The van der Waals surface area contributed by atoms with E-state index < -0.39 is 0 Å². The third kappa shape index (κ3) is 1.79. The topological polar surface area (TPSA) is 66.5 Å². The van der Waals surface area contributed by atoms with E-state index in [9.17, 15) is 0 Å². The minimum Gasteiger partial charge on any atom is -0.316 e. The molecule has 5 nitrogen and oxygen atoms in total. The van der Waals surface area contributed by atoms with Gasteiger partial charge in [0.05, 0.1) is 0 Å². The summed E-state index contributed by atoms with van der Waals surface area (Å²) in [6, 6.07) is 0. The van der Waals surface area contributed by atoms with Gasteiger partial charge in [-0.2, -0.15) is 5.21 Å². The molecule has 1 saturated heterocycles. The van der Waals surface area contributed by atoms with Crippen LogP contribution in [-0.2, 0) is 6.42 Å². The summed E-state index contributed by atoms with van der Waals surface area (Å²) in [6.07, 6.45) is 3.49. The van der Waals surface area contributed by atoms with Crippen molar-refractivity contribution < 1.29 is 0 Å². The van der Waals surface area contributed by atoms with Gasteiger partial charge in [0.15, 0.2) is 5.82 Å². The first kappa shape index (κ1) is 7.67. The maximum Gasteiger partial charge on any atom is 0.174 e. The monoisotopic (exact) mass is 167 g/mol. The number of hydrogen-bond donors (Lipinski definition) is 2. The molecule has 2 heterocycles. The molecular formula is C7H13N5. The number of nitrogens with zero attached hydrogens (tertiary/aromatic N) is 3. The van der Waals surface area contributed by atoms with Gasteiger partial charge in [-0.15, -0.1) is 10.2 Å². The number of nitrogens with one attached hydrogen (secondary N) is 2. The highest BCUT2D eigenvalue weighted by atomic mass is 15.5. The Morgan fingerprint density at radius 2 is 2.50 bits per heavy atom. The zero-order valence-electron chi connectivity index (χ0n) is 6.95. The van der Waals surface area contributed by atoms with Gasteiger partial charge in [0, 0.05) is 6.42 Å². The summed E-state index contributed by atoms with van der Waals surface area (Å²) in [7, 11) is 0. The molecule has 0 saturated carbocycles. The summed E-state index contributed by atoms with van der Waals surface area (Å²) in [5.41, 5.74) is 0. The van der Waals surface area contributed by atoms with Gasteiger partial charge < -0.3 is 5.32 Å². The zero-order valence-corrected chi connectivity index (χ0v) is 6.95. The number of tetrazole rings is 1. The van der Waals surface area contributed by atoms with Crippen molar-refractivity contribution >= 4 is 0 Å². The molecule has 1 aliphatic heterocycles. The third-order valence-electron chi connectivity index (χ3n) is 2.26. The number of aromatic nitrogens is 4. The molecule has 2 N–H and O–H groups in total. The Bertz CT molecular complexity index is 214. The average molecular weight is 167 g/mol. The highest BCUT2D eigenvalue weighted by Gasteiger charge is 2.14. The molecule has 1 aromatic rings. The first-order chi connectivity index (χ1) is 5.95. The lowest BCUT2D eigenvalue weighted by atomic mass is 9.96. The van der Waals surface area contributed by atoms with Crippen LogP contribution in [0.2, 0.25) is 0 Å². The van der Waals surface area contributed by atoms with Crippen molar-refractivity contribution in [3.8, 4) is 0 Å². The molecule has 0 spiro atoms. The predicted molar refractivity (Wildman–Crippen MR) is 43.5 cm³/mol. The SMILES string of the molecule is C1CNC[C@@H](Cc2nn[nH]n2)C1. The normalized spacial score (nSPS) is 24.2.